The number of fused-ring (bicyclic) bond motifs is 3. The molecule has 1 aliphatic carbocycles. The maximum atomic E-state index is 12.0. The van der Waals surface area contributed by atoms with Gasteiger partial charge in [-0.3, -0.25) is 4.79 Å². The van der Waals surface area contributed by atoms with Gasteiger partial charge in [-0.1, -0.05) is 12.1 Å². The Morgan fingerprint density at radius 2 is 1.44 bits per heavy atom. The van der Waals surface area contributed by atoms with Gasteiger partial charge in [-0.2, -0.15) is 0 Å². The zero-order valence-corrected chi connectivity index (χ0v) is 15.0. The molecule has 2 aromatic carbocycles. The lowest BCUT2D eigenvalue weighted by Gasteiger charge is -2.22. The van der Waals surface area contributed by atoms with Crippen LogP contribution in [0.5, 0.6) is 23.0 Å². The van der Waals surface area contributed by atoms with Gasteiger partial charge >= 0.3 is 0 Å². The van der Waals surface area contributed by atoms with Crippen molar-refractivity contribution < 1.29 is 18.9 Å². The quantitative estimate of drug-likeness (QED) is 0.854. The molecule has 0 heterocycles. The van der Waals surface area contributed by atoms with Crippen molar-refractivity contribution in [3.8, 4) is 34.1 Å². The SMILES string of the molecule is COc1c2c(c(OC)c(OC)c1OC)-c1cccc(=O)cc1CCC2. The van der Waals surface area contributed by atoms with E-state index in [9.17, 15) is 4.79 Å². The van der Waals surface area contributed by atoms with Crippen molar-refractivity contribution in [2.45, 2.75) is 19.3 Å². The Morgan fingerprint density at radius 3 is 2.08 bits per heavy atom. The smallest absolute Gasteiger partial charge is 0.207 e. The van der Waals surface area contributed by atoms with Crippen LogP contribution in [-0.4, -0.2) is 28.4 Å². The van der Waals surface area contributed by atoms with Crippen LogP contribution in [0, 0.1) is 0 Å². The summed E-state index contributed by atoms with van der Waals surface area (Å²) in [5.41, 5.74) is 3.87. The number of ether oxygens (including phenoxy) is 4. The zero-order chi connectivity index (χ0) is 18.0. The monoisotopic (exact) mass is 342 g/mol. The molecule has 0 aliphatic heterocycles. The molecular formula is C20H22O5. The molecule has 0 radical (unpaired) electrons. The van der Waals surface area contributed by atoms with Gasteiger partial charge in [0.15, 0.2) is 16.9 Å². The minimum Gasteiger partial charge on any atom is -0.492 e. The molecule has 5 heteroatoms. The number of hydrogen-bond acceptors (Lipinski definition) is 5. The van der Waals surface area contributed by atoms with E-state index in [0.717, 1.165) is 41.5 Å². The van der Waals surface area contributed by atoms with Crippen molar-refractivity contribution in [2.24, 2.45) is 0 Å². The van der Waals surface area contributed by atoms with Gasteiger partial charge in [0, 0.05) is 11.1 Å². The Balaban J connectivity index is 2.49. The van der Waals surface area contributed by atoms with E-state index in [1.54, 1.807) is 46.6 Å². The molecule has 0 spiro atoms. The molecule has 0 saturated carbocycles. The highest BCUT2D eigenvalue weighted by atomic mass is 16.5. The Hall–Kier alpha value is -2.69. The van der Waals surface area contributed by atoms with Crippen molar-refractivity contribution in [3.63, 3.8) is 0 Å². The van der Waals surface area contributed by atoms with Gasteiger partial charge in [-0.05, 0) is 42.5 Å². The molecule has 2 aromatic rings. The third kappa shape index (κ3) is 2.80. The lowest BCUT2D eigenvalue weighted by molar-refractivity contribution is 0.304. The average molecular weight is 342 g/mol. The third-order valence-electron chi connectivity index (χ3n) is 4.57. The van der Waals surface area contributed by atoms with Gasteiger partial charge in [-0.15, -0.1) is 0 Å². The normalized spacial score (nSPS) is 12.5. The second-order valence-electron chi connectivity index (χ2n) is 5.85. The fourth-order valence-corrected chi connectivity index (χ4v) is 3.56. The van der Waals surface area contributed by atoms with Crippen molar-refractivity contribution in [3.05, 3.63) is 45.6 Å². The van der Waals surface area contributed by atoms with Gasteiger partial charge in [0.25, 0.3) is 0 Å². The van der Waals surface area contributed by atoms with E-state index < -0.39 is 0 Å². The summed E-state index contributed by atoms with van der Waals surface area (Å²) in [6.45, 7) is 0. The third-order valence-corrected chi connectivity index (χ3v) is 4.57. The van der Waals surface area contributed by atoms with Crippen LogP contribution >= 0.6 is 0 Å². The highest BCUT2D eigenvalue weighted by Gasteiger charge is 2.30. The number of aryl methyl sites for hydroxylation is 1. The molecule has 132 valence electrons. The Labute approximate surface area is 147 Å². The lowest BCUT2D eigenvalue weighted by Crippen LogP contribution is -2.04. The summed E-state index contributed by atoms with van der Waals surface area (Å²) >= 11 is 0. The first kappa shape index (κ1) is 17.1. The standard InChI is InChI=1S/C20H22O5/c1-22-17-15-10-5-7-12-11-13(21)8-6-9-14(12)16(15)18(23-2)20(25-4)19(17)24-3/h6,8-9,11H,5,7,10H2,1-4H3. The van der Waals surface area contributed by atoms with Crippen molar-refractivity contribution in [1.82, 2.24) is 0 Å². The van der Waals surface area contributed by atoms with Crippen LogP contribution in [-0.2, 0) is 12.8 Å². The van der Waals surface area contributed by atoms with E-state index in [4.69, 9.17) is 18.9 Å². The van der Waals surface area contributed by atoms with E-state index in [1.807, 2.05) is 6.07 Å². The number of methoxy groups -OCH3 is 4. The summed E-state index contributed by atoms with van der Waals surface area (Å²) in [7, 11) is 6.39. The molecule has 0 fully saturated rings. The van der Waals surface area contributed by atoms with Crippen LogP contribution in [0.3, 0.4) is 0 Å². The van der Waals surface area contributed by atoms with E-state index >= 15 is 0 Å². The molecule has 0 amide bonds. The second-order valence-corrected chi connectivity index (χ2v) is 5.85. The van der Waals surface area contributed by atoms with Crippen molar-refractivity contribution in [2.75, 3.05) is 28.4 Å². The maximum absolute atomic E-state index is 12.0. The first-order chi connectivity index (χ1) is 12.2. The Bertz CT molecular complexity index is 858. The number of hydrogen-bond donors (Lipinski definition) is 0. The second kappa shape index (κ2) is 7.05. The van der Waals surface area contributed by atoms with Crippen LogP contribution in [0.25, 0.3) is 11.1 Å². The summed E-state index contributed by atoms with van der Waals surface area (Å²) in [5, 5.41) is 0. The maximum Gasteiger partial charge on any atom is 0.207 e. The molecule has 0 atom stereocenters. The first-order valence-corrected chi connectivity index (χ1v) is 8.18. The van der Waals surface area contributed by atoms with Gasteiger partial charge < -0.3 is 18.9 Å². The van der Waals surface area contributed by atoms with E-state index in [0.29, 0.717) is 23.0 Å². The van der Waals surface area contributed by atoms with Crippen molar-refractivity contribution >= 4 is 0 Å². The fraction of sp³-hybridized carbons (Fsp3) is 0.350. The fourth-order valence-electron chi connectivity index (χ4n) is 3.56. The predicted molar refractivity (Wildman–Crippen MR) is 96.4 cm³/mol. The summed E-state index contributed by atoms with van der Waals surface area (Å²) in [6, 6.07) is 7.00. The van der Waals surface area contributed by atoms with Gasteiger partial charge in [0.2, 0.25) is 11.5 Å². The van der Waals surface area contributed by atoms with Crippen LogP contribution in [0.15, 0.2) is 29.1 Å². The van der Waals surface area contributed by atoms with Gasteiger partial charge in [-0.25, -0.2) is 0 Å². The molecule has 25 heavy (non-hydrogen) atoms. The topological polar surface area (TPSA) is 54.0 Å². The summed E-state index contributed by atoms with van der Waals surface area (Å²) in [6.07, 6.45) is 2.51. The summed E-state index contributed by atoms with van der Waals surface area (Å²) in [5.74, 6) is 2.25. The van der Waals surface area contributed by atoms with Crippen LogP contribution < -0.4 is 24.4 Å². The van der Waals surface area contributed by atoms with Crippen molar-refractivity contribution in [1.29, 1.82) is 0 Å². The highest BCUT2D eigenvalue weighted by molar-refractivity contribution is 5.85. The minimum absolute atomic E-state index is 0.00360. The van der Waals surface area contributed by atoms with Gasteiger partial charge in [0.1, 0.15) is 0 Å². The molecule has 5 nitrogen and oxygen atoms in total. The lowest BCUT2D eigenvalue weighted by atomic mass is 9.95. The van der Waals surface area contributed by atoms with E-state index in [1.165, 1.54) is 0 Å². The van der Waals surface area contributed by atoms with Crippen LogP contribution in [0.4, 0.5) is 0 Å². The Morgan fingerprint density at radius 1 is 0.800 bits per heavy atom. The van der Waals surface area contributed by atoms with Gasteiger partial charge in [0.05, 0.1) is 28.4 Å². The molecule has 0 N–H and O–H groups in total. The number of rotatable bonds is 4. The Kier molecular flexibility index (Phi) is 4.83. The molecule has 1 aliphatic rings. The molecule has 0 saturated heterocycles. The zero-order valence-electron chi connectivity index (χ0n) is 15.0. The van der Waals surface area contributed by atoms with Crippen LogP contribution in [0.2, 0.25) is 0 Å². The molecule has 0 aromatic heterocycles. The van der Waals surface area contributed by atoms with E-state index in [2.05, 4.69) is 0 Å². The largest absolute Gasteiger partial charge is 0.492 e. The first-order valence-electron chi connectivity index (χ1n) is 8.18. The molecule has 0 unspecified atom stereocenters. The predicted octanol–water partition coefficient (Wildman–Crippen LogP) is 3.24. The summed E-state index contributed by atoms with van der Waals surface area (Å²) < 4.78 is 22.5. The van der Waals surface area contributed by atoms with Crippen LogP contribution in [0.1, 0.15) is 17.5 Å². The minimum atomic E-state index is -0.00360. The molecular weight excluding hydrogens is 320 g/mol. The highest BCUT2D eigenvalue weighted by Crippen LogP contribution is 2.54. The summed E-state index contributed by atoms with van der Waals surface area (Å²) in [4.78, 5) is 12.0. The van der Waals surface area contributed by atoms with E-state index in [-0.39, 0.29) is 5.43 Å². The average Bonchev–Trinajstić information content (AvgIpc) is 2.90. The molecule has 3 rings (SSSR count). The number of benzene rings is 1. The molecule has 0 bridgehead atoms.